The van der Waals surface area contributed by atoms with Gasteiger partial charge in [-0.1, -0.05) is 48.5 Å². The monoisotopic (exact) mass is 475 g/mol. The minimum atomic E-state index is -1.36. The Balaban J connectivity index is 1.31. The van der Waals surface area contributed by atoms with E-state index in [2.05, 4.69) is 15.8 Å². The Bertz CT molecular complexity index is 1320. The number of hydrogen-bond donors (Lipinski definition) is 3. The second-order valence-corrected chi connectivity index (χ2v) is 8.25. The van der Waals surface area contributed by atoms with Gasteiger partial charge in [-0.15, -0.1) is 0 Å². The van der Waals surface area contributed by atoms with Gasteiger partial charge in [-0.3, -0.25) is 25.0 Å². The lowest BCUT2D eigenvalue weighted by Gasteiger charge is -2.20. The van der Waals surface area contributed by atoms with Crippen molar-refractivity contribution in [3.05, 3.63) is 71.4 Å². The van der Waals surface area contributed by atoms with Gasteiger partial charge in [-0.05, 0) is 22.3 Å². The summed E-state index contributed by atoms with van der Waals surface area (Å²) in [4.78, 5) is 48.8. The molecule has 11 heteroatoms. The van der Waals surface area contributed by atoms with E-state index in [1.165, 1.54) is 17.9 Å². The van der Waals surface area contributed by atoms with Crippen LogP contribution in [0.3, 0.4) is 0 Å². The second-order valence-electron chi connectivity index (χ2n) is 8.25. The highest BCUT2D eigenvalue weighted by Gasteiger charge is 2.40. The Hall–Kier alpha value is -4.67. The Morgan fingerprint density at radius 2 is 1.74 bits per heavy atom. The van der Waals surface area contributed by atoms with Gasteiger partial charge in [0.25, 0.3) is 5.91 Å². The predicted octanol–water partition coefficient (Wildman–Crippen LogP) is 2.11. The van der Waals surface area contributed by atoms with Crippen molar-refractivity contribution in [2.75, 3.05) is 11.9 Å². The van der Waals surface area contributed by atoms with Gasteiger partial charge in [0.05, 0.1) is 12.6 Å². The Morgan fingerprint density at radius 3 is 2.37 bits per heavy atom. The molecule has 0 saturated carbocycles. The van der Waals surface area contributed by atoms with E-state index in [0.717, 1.165) is 27.3 Å². The number of aromatic nitrogens is 2. The number of carboxylic acids is 1. The lowest BCUT2D eigenvalue weighted by Crippen LogP contribution is -2.46. The number of carboxylic acid groups (broad SMARTS) is 1. The summed E-state index contributed by atoms with van der Waals surface area (Å²) in [7, 11) is 1.51. The standard InChI is InChI=1S/C24H21N5O6/c1-28-21(17(11-25-28)22(31)29-19(23(32)33)10-20(30)27-29)26-24(34)35-12-18-15-8-4-2-6-13(15)14-7-3-5-9-16(14)18/h2-9,11,18-19H,10,12H2,1H3,(H,26,34)(H,27,30)(H,32,33). The van der Waals surface area contributed by atoms with Gasteiger partial charge < -0.3 is 9.84 Å². The third-order valence-electron chi connectivity index (χ3n) is 6.17. The van der Waals surface area contributed by atoms with Crippen molar-refractivity contribution in [3.63, 3.8) is 0 Å². The summed E-state index contributed by atoms with van der Waals surface area (Å²) in [6, 6.07) is 14.5. The molecule has 3 N–H and O–H groups in total. The lowest BCUT2D eigenvalue weighted by atomic mass is 9.98. The fourth-order valence-electron chi connectivity index (χ4n) is 4.52. The maximum atomic E-state index is 13.0. The number of carbonyl (C=O) groups is 4. The molecule has 1 aromatic heterocycles. The van der Waals surface area contributed by atoms with E-state index in [9.17, 15) is 24.3 Å². The molecule has 2 heterocycles. The van der Waals surface area contributed by atoms with Crippen molar-refractivity contribution in [2.45, 2.75) is 18.4 Å². The zero-order chi connectivity index (χ0) is 24.7. The van der Waals surface area contributed by atoms with E-state index in [0.29, 0.717) is 0 Å². The van der Waals surface area contributed by atoms with Crippen molar-refractivity contribution in [1.29, 1.82) is 0 Å². The summed E-state index contributed by atoms with van der Waals surface area (Å²) >= 11 is 0. The predicted molar refractivity (Wildman–Crippen MR) is 122 cm³/mol. The molecule has 1 saturated heterocycles. The molecular weight excluding hydrogens is 454 g/mol. The fraction of sp³-hybridized carbons (Fsp3) is 0.208. The van der Waals surface area contributed by atoms with E-state index < -0.39 is 29.9 Å². The number of ether oxygens (including phenoxy) is 1. The van der Waals surface area contributed by atoms with Gasteiger partial charge in [-0.2, -0.15) is 5.10 Å². The number of rotatable bonds is 5. The summed E-state index contributed by atoms with van der Waals surface area (Å²) in [5.41, 5.74) is 6.45. The average molecular weight is 475 g/mol. The number of carbonyl (C=O) groups excluding carboxylic acids is 3. The molecule has 0 bridgehead atoms. The van der Waals surface area contributed by atoms with Crippen molar-refractivity contribution < 1.29 is 29.0 Å². The average Bonchev–Trinajstić information content (AvgIpc) is 3.51. The number of hydrazine groups is 1. The topological polar surface area (TPSA) is 143 Å². The molecule has 3 amide bonds. The molecule has 35 heavy (non-hydrogen) atoms. The fourth-order valence-corrected chi connectivity index (χ4v) is 4.52. The third kappa shape index (κ3) is 3.86. The van der Waals surface area contributed by atoms with Gasteiger partial charge in [0.15, 0.2) is 6.04 Å². The molecule has 1 aliphatic heterocycles. The summed E-state index contributed by atoms with van der Waals surface area (Å²) in [6.45, 7) is 0.0737. The highest BCUT2D eigenvalue weighted by atomic mass is 16.5. The van der Waals surface area contributed by atoms with Crippen LogP contribution in [0.25, 0.3) is 11.1 Å². The largest absolute Gasteiger partial charge is 0.480 e. The van der Waals surface area contributed by atoms with E-state index in [-0.39, 0.29) is 30.3 Å². The molecule has 11 nitrogen and oxygen atoms in total. The zero-order valence-electron chi connectivity index (χ0n) is 18.6. The number of fused-ring (bicyclic) bond motifs is 3. The van der Waals surface area contributed by atoms with E-state index >= 15 is 0 Å². The second kappa shape index (κ2) is 8.60. The molecule has 3 aromatic rings. The first-order chi connectivity index (χ1) is 16.8. The van der Waals surface area contributed by atoms with Crippen LogP contribution < -0.4 is 10.7 Å². The minimum absolute atomic E-state index is 0.0116. The molecular formula is C24H21N5O6. The molecule has 2 aliphatic rings. The summed E-state index contributed by atoms with van der Waals surface area (Å²) < 4.78 is 6.78. The lowest BCUT2D eigenvalue weighted by molar-refractivity contribution is -0.142. The van der Waals surface area contributed by atoms with Crippen LogP contribution in [0.15, 0.2) is 54.7 Å². The summed E-state index contributed by atoms with van der Waals surface area (Å²) in [6.07, 6.45) is 0.0196. The molecule has 2 aromatic carbocycles. The molecule has 0 spiro atoms. The summed E-state index contributed by atoms with van der Waals surface area (Å²) in [5.74, 6) is -2.87. The molecule has 1 atom stereocenters. The normalized spacial score (nSPS) is 16.4. The third-order valence-corrected chi connectivity index (χ3v) is 6.17. The maximum Gasteiger partial charge on any atom is 0.412 e. The first kappa shape index (κ1) is 22.1. The van der Waals surface area contributed by atoms with Crippen LogP contribution in [0.1, 0.15) is 33.8 Å². The van der Waals surface area contributed by atoms with Crippen LogP contribution in [-0.2, 0) is 21.4 Å². The zero-order valence-corrected chi connectivity index (χ0v) is 18.6. The van der Waals surface area contributed by atoms with Crippen LogP contribution >= 0.6 is 0 Å². The highest BCUT2D eigenvalue weighted by molar-refractivity contribution is 6.05. The van der Waals surface area contributed by atoms with Gasteiger partial charge in [-0.25, -0.2) is 14.6 Å². The molecule has 5 rings (SSSR count). The van der Waals surface area contributed by atoms with Crippen molar-refractivity contribution in [3.8, 4) is 11.1 Å². The van der Waals surface area contributed by atoms with Crippen molar-refractivity contribution in [2.24, 2.45) is 7.05 Å². The number of benzene rings is 2. The van der Waals surface area contributed by atoms with Crippen LogP contribution in [0, 0.1) is 0 Å². The van der Waals surface area contributed by atoms with E-state index in [4.69, 9.17) is 4.74 Å². The minimum Gasteiger partial charge on any atom is -0.480 e. The van der Waals surface area contributed by atoms with Gasteiger partial charge >= 0.3 is 12.1 Å². The Morgan fingerprint density at radius 1 is 1.11 bits per heavy atom. The molecule has 1 aliphatic carbocycles. The first-order valence-electron chi connectivity index (χ1n) is 10.8. The van der Waals surface area contributed by atoms with E-state index in [1.54, 1.807) is 0 Å². The number of hydrogen-bond acceptors (Lipinski definition) is 6. The molecule has 1 fully saturated rings. The van der Waals surface area contributed by atoms with Crippen LogP contribution in [0.2, 0.25) is 0 Å². The van der Waals surface area contributed by atoms with Gasteiger partial charge in [0, 0.05) is 13.0 Å². The SMILES string of the molecule is Cn1ncc(C(=O)N2NC(=O)CC2C(=O)O)c1NC(=O)OCC1c2ccccc2-c2ccccc21. The highest BCUT2D eigenvalue weighted by Crippen LogP contribution is 2.44. The molecule has 1 unspecified atom stereocenters. The number of nitrogens with one attached hydrogen (secondary N) is 2. The van der Waals surface area contributed by atoms with Gasteiger partial charge in [0.1, 0.15) is 18.0 Å². The first-order valence-corrected chi connectivity index (χ1v) is 10.8. The number of nitrogens with zero attached hydrogens (tertiary/aromatic N) is 3. The number of aryl methyl sites for hydroxylation is 1. The Labute approximate surface area is 199 Å². The van der Waals surface area contributed by atoms with Crippen molar-refractivity contribution in [1.82, 2.24) is 20.2 Å². The molecule has 0 radical (unpaired) electrons. The van der Waals surface area contributed by atoms with Crippen LogP contribution in [0.4, 0.5) is 10.6 Å². The van der Waals surface area contributed by atoms with Gasteiger partial charge in [0.2, 0.25) is 5.91 Å². The number of anilines is 1. The Kier molecular flexibility index (Phi) is 5.44. The van der Waals surface area contributed by atoms with Crippen molar-refractivity contribution >= 4 is 29.7 Å². The quantitative estimate of drug-likeness (QED) is 0.513. The number of aliphatic carboxylic acids is 1. The smallest absolute Gasteiger partial charge is 0.412 e. The number of amides is 3. The summed E-state index contributed by atoms with van der Waals surface area (Å²) in [5, 5.41) is 16.6. The maximum absolute atomic E-state index is 13.0. The van der Waals surface area contributed by atoms with Crippen LogP contribution in [-0.4, -0.2) is 56.4 Å². The van der Waals surface area contributed by atoms with Crippen LogP contribution in [0.5, 0.6) is 0 Å². The molecule has 178 valence electrons. The van der Waals surface area contributed by atoms with E-state index in [1.807, 2.05) is 48.5 Å².